The summed E-state index contributed by atoms with van der Waals surface area (Å²) >= 11 is 0. The van der Waals surface area contributed by atoms with E-state index < -0.39 is 0 Å². The van der Waals surface area contributed by atoms with Gasteiger partial charge in [-0.1, -0.05) is 11.6 Å². The molecule has 1 aromatic carbocycles. The fraction of sp³-hybridized carbons (Fsp3) is 0.529. The number of aryl methyl sites for hydroxylation is 1. The lowest BCUT2D eigenvalue weighted by atomic mass is 9.82. The molecule has 1 aliphatic heterocycles. The van der Waals surface area contributed by atoms with E-state index in [0.29, 0.717) is 18.1 Å². The Morgan fingerprint density at radius 1 is 1.19 bits per heavy atom. The van der Waals surface area contributed by atoms with Crippen molar-refractivity contribution in [3.8, 4) is 0 Å². The van der Waals surface area contributed by atoms with Crippen molar-refractivity contribution in [1.82, 2.24) is 9.97 Å². The van der Waals surface area contributed by atoms with Crippen LogP contribution in [0.25, 0.3) is 10.9 Å². The van der Waals surface area contributed by atoms with Gasteiger partial charge in [0.15, 0.2) is 0 Å². The van der Waals surface area contributed by atoms with Crippen LogP contribution in [-0.2, 0) is 4.74 Å². The first-order valence-corrected chi connectivity index (χ1v) is 7.91. The van der Waals surface area contributed by atoms with Crippen molar-refractivity contribution < 1.29 is 4.74 Å². The Morgan fingerprint density at radius 3 is 3.10 bits per heavy atom. The normalized spacial score (nSPS) is 28.5. The van der Waals surface area contributed by atoms with E-state index in [4.69, 9.17) is 4.74 Å². The van der Waals surface area contributed by atoms with E-state index in [1.54, 1.807) is 6.33 Å². The standard InChI is InChI=1S/C17H21N3O/c1-11-5-6-14-13(9-11)17(19-10-18-14)20-15-3-2-4-16-12(15)7-8-21-16/h5-6,9-10,12,15-16H,2-4,7-8H2,1H3,(H,18,19,20). The van der Waals surface area contributed by atoms with Crippen LogP contribution >= 0.6 is 0 Å². The summed E-state index contributed by atoms with van der Waals surface area (Å²) < 4.78 is 5.86. The zero-order valence-corrected chi connectivity index (χ0v) is 12.4. The van der Waals surface area contributed by atoms with Crippen LogP contribution in [0.4, 0.5) is 5.82 Å². The first-order chi connectivity index (χ1) is 10.3. The number of rotatable bonds is 2. The van der Waals surface area contributed by atoms with Crippen LogP contribution in [0.1, 0.15) is 31.2 Å². The van der Waals surface area contributed by atoms with Crippen LogP contribution in [0, 0.1) is 12.8 Å². The molecule has 2 fully saturated rings. The summed E-state index contributed by atoms with van der Waals surface area (Å²) in [5.41, 5.74) is 2.25. The molecular formula is C17H21N3O. The maximum absolute atomic E-state index is 5.86. The summed E-state index contributed by atoms with van der Waals surface area (Å²) in [5, 5.41) is 4.82. The molecule has 1 saturated carbocycles. The summed E-state index contributed by atoms with van der Waals surface area (Å²) in [5.74, 6) is 1.61. The summed E-state index contributed by atoms with van der Waals surface area (Å²) in [7, 11) is 0. The average molecular weight is 283 g/mol. The number of hydrogen-bond donors (Lipinski definition) is 1. The fourth-order valence-corrected chi connectivity index (χ4v) is 3.82. The quantitative estimate of drug-likeness (QED) is 0.918. The predicted molar refractivity (Wildman–Crippen MR) is 83.4 cm³/mol. The molecule has 1 saturated heterocycles. The highest BCUT2D eigenvalue weighted by Gasteiger charge is 2.37. The third-order valence-corrected chi connectivity index (χ3v) is 4.89. The lowest BCUT2D eigenvalue weighted by molar-refractivity contribution is 0.0620. The highest BCUT2D eigenvalue weighted by atomic mass is 16.5. The summed E-state index contributed by atoms with van der Waals surface area (Å²) in [6.07, 6.45) is 6.94. The van der Waals surface area contributed by atoms with E-state index in [-0.39, 0.29) is 0 Å². The van der Waals surface area contributed by atoms with Gasteiger partial charge in [-0.15, -0.1) is 0 Å². The number of nitrogens with zero attached hydrogens (tertiary/aromatic N) is 2. The van der Waals surface area contributed by atoms with Gasteiger partial charge in [-0.05, 0) is 44.7 Å². The minimum absolute atomic E-state index is 0.450. The Balaban J connectivity index is 1.66. The monoisotopic (exact) mass is 283 g/mol. The molecule has 0 amide bonds. The lowest BCUT2D eigenvalue weighted by Crippen LogP contribution is -2.38. The van der Waals surface area contributed by atoms with E-state index in [1.165, 1.54) is 31.2 Å². The van der Waals surface area contributed by atoms with E-state index in [2.05, 4.69) is 40.4 Å². The highest BCUT2D eigenvalue weighted by Crippen LogP contribution is 2.36. The topological polar surface area (TPSA) is 47.0 Å². The third kappa shape index (κ3) is 2.38. The molecule has 2 aliphatic rings. The number of aromatic nitrogens is 2. The van der Waals surface area contributed by atoms with E-state index in [0.717, 1.165) is 23.3 Å². The fourth-order valence-electron chi connectivity index (χ4n) is 3.82. The van der Waals surface area contributed by atoms with Crippen LogP contribution in [0.15, 0.2) is 24.5 Å². The van der Waals surface area contributed by atoms with E-state index in [9.17, 15) is 0 Å². The molecule has 3 unspecified atom stereocenters. The zero-order chi connectivity index (χ0) is 14.2. The molecule has 110 valence electrons. The second kappa shape index (κ2) is 5.26. The molecule has 4 nitrogen and oxygen atoms in total. The zero-order valence-electron chi connectivity index (χ0n) is 12.4. The number of hydrogen-bond acceptors (Lipinski definition) is 4. The minimum atomic E-state index is 0.450. The molecule has 2 heterocycles. The summed E-state index contributed by atoms with van der Waals surface area (Å²) in [6, 6.07) is 6.81. The van der Waals surface area contributed by atoms with Crippen LogP contribution in [-0.4, -0.2) is 28.7 Å². The van der Waals surface area contributed by atoms with Crippen molar-refractivity contribution in [1.29, 1.82) is 0 Å². The molecule has 0 bridgehead atoms. The Labute approximate surface area is 124 Å². The summed E-state index contributed by atoms with van der Waals surface area (Å²) in [6.45, 7) is 3.02. The Bertz CT molecular complexity index is 658. The van der Waals surface area contributed by atoms with Gasteiger partial charge >= 0.3 is 0 Å². The molecule has 2 aromatic rings. The van der Waals surface area contributed by atoms with Gasteiger partial charge in [-0.25, -0.2) is 9.97 Å². The maximum atomic E-state index is 5.86. The number of benzene rings is 1. The molecule has 21 heavy (non-hydrogen) atoms. The van der Waals surface area contributed by atoms with Crippen molar-refractivity contribution in [2.75, 3.05) is 11.9 Å². The van der Waals surface area contributed by atoms with Gasteiger partial charge < -0.3 is 10.1 Å². The number of anilines is 1. The molecule has 0 radical (unpaired) electrons. The molecule has 4 heteroatoms. The van der Waals surface area contributed by atoms with Gasteiger partial charge in [0, 0.05) is 24.0 Å². The van der Waals surface area contributed by atoms with E-state index in [1.807, 2.05) is 0 Å². The molecule has 3 atom stereocenters. The molecule has 1 aromatic heterocycles. The van der Waals surface area contributed by atoms with Crippen LogP contribution in [0.3, 0.4) is 0 Å². The molecule has 1 aliphatic carbocycles. The van der Waals surface area contributed by atoms with Crippen molar-refractivity contribution in [2.24, 2.45) is 5.92 Å². The third-order valence-electron chi connectivity index (χ3n) is 4.89. The SMILES string of the molecule is Cc1ccc2ncnc(NC3CCCC4OCCC34)c2c1. The number of ether oxygens (including phenoxy) is 1. The summed E-state index contributed by atoms with van der Waals surface area (Å²) in [4.78, 5) is 8.86. The first kappa shape index (κ1) is 13.0. The van der Waals surface area contributed by atoms with Crippen LogP contribution in [0.2, 0.25) is 0 Å². The predicted octanol–water partition coefficient (Wildman–Crippen LogP) is 3.31. The van der Waals surface area contributed by atoms with Crippen LogP contribution in [0.5, 0.6) is 0 Å². The second-order valence-corrected chi connectivity index (χ2v) is 6.29. The molecule has 0 spiro atoms. The van der Waals surface area contributed by atoms with Gasteiger partial charge in [0.2, 0.25) is 0 Å². The Morgan fingerprint density at radius 2 is 2.14 bits per heavy atom. The van der Waals surface area contributed by atoms with E-state index >= 15 is 0 Å². The van der Waals surface area contributed by atoms with Gasteiger partial charge in [-0.3, -0.25) is 0 Å². The second-order valence-electron chi connectivity index (χ2n) is 6.29. The van der Waals surface area contributed by atoms with Crippen molar-refractivity contribution >= 4 is 16.7 Å². The number of fused-ring (bicyclic) bond motifs is 2. The Kier molecular flexibility index (Phi) is 3.26. The highest BCUT2D eigenvalue weighted by molar-refractivity contribution is 5.89. The maximum Gasteiger partial charge on any atom is 0.137 e. The van der Waals surface area contributed by atoms with Crippen LogP contribution < -0.4 is 5.32 Å². The minimum Gasteiger partial charge on any atom is -0.378 e. The van der Waals surface area contributed by atoms with Crippen molar-refractivity contribution in [2.45, 2.75) is 44.8 Å². The number of nitrogens with one attached hydrogen (secondary N) is 1. The van der Waals surface area contributed by atoms with Gasteiger partial charge in [0.05, 0.1) is 11.6 Å². The molecular weight excluding hydrogens is 262 g/mol. The van der Waals surface area contributed by atoms with Gasteiger partial charge in [0.25, 0.3) is 0 Å². The van der Waals surface area contributed by atoms with Crippen molar-refractivity contribution in [3.63, 3.8) is 0 Å². The largest absolute Gasteiger partial charge is 0.378 e. The van der Waals surface area contributed by atoms with Gasteiger partial charge in [0.1, 0.15) is 12.1 Å². The first-order valence-electron chi connectivity index (χ1n) is 7.91. The lowest BCUT2D eigenvalue weighted by Gasteiger charge is -2.33. The molecule has 4 rings (SSSR count). The Hall–Kier alpha value is -1.68. The average Bonchev–Trinajstić information content (AvgIpc) is 2.97. The molecule has 1 N–H and O–H groups in total. The van der Waals surface area contributed by atoms with Gasteiger partial charge in [-0.2, -0.15) is 0 Å². The van der Waals surface area contributed by atoms with Crippen molar-refractivity contribution in [3.05, 3.63) is 30.1 Å². The smallest absolute Gasteiger partial charge is 0.137 e.